The largest absolute Gasteiger partial charge is 0.439 e. The van der Waals surface area contributed by atoms with E-state index in [2.05, 4.69) is 23.1 Å². The predicted octanol–water partition coefficient (Wildman–Crippen LogP) is 2.90. The predicted molar refractivity (Wildman–Crippen MR) is 54.3 cm³/mol. The molecule has 0 fully saturated rings. The molecule has 1 rings (SSSR count). The Balaban J connectivity index is 3.13. The molecule has 0 atom stereocenters. The van der Waals surface area contributed by atoms with Crippen LogP contribution in [0.5, 0.6) is 0 Å². The molecule has 0 aliphatic heterocycles. The quantitative estimate of drug-likeness (QED) is 0.664. The molecule has 0 spiro atoms. The van der Waals surface area contributed by atoms with Gasteiger partial charge < -0.3 is 4.42 Å². The van der Waals surface area contributed by atoms with E-state index in [-0.39, 0.29) is 0 Å². The van der Waals surface area contributed by atoms with E-state index in [4.69, 9.17) is 4.42 Å². The Morgan fingerprint density at radius 2 is 2.23 bits per heavy atom. The molecule has 1 aromatic rings. The van der Waals surface area contributed by atoms with Crippen LogP contribution in [-0.2, 0) is 0 Å². The monoisotopic (exact) mass is 176 g/mol. The summed E-state index contributed by atoms with van der Waals surface area (Å²) in [5.41, 5.74) is 0.802. The standard InChI is InChI=1S/C10H12N2O/c1-5-7(3)11-10-9(6-2)13-8(4)12-10/h5-6H,1-2H2,3-4H3. The number of aliphatic imine (C=N–C) groups is 1. The molecule has 0 amide bonds. The molecule has 0 bridgehead atoms. The van der Waals surface area contributed by atoms with E-state index in [1.165, 1.54) is 0 Å². The number of allylic oxidation sites excluding steroid dienone is 1. The summed E-state index contributed by atoms with van der Waals surface area (Å²) in [6, 6.07) is 0. The van der Waals surface area contributed by atoms with E-state index in [0.29, 0.717) is 17.5 Å². The molecular formula is C10H12N2O. The van der Waals surface area contributed by atoms with Crippen LogP contribution in [0, 0.1) is 6.92 Å². The van der Waals surface area contributed by atoms with Gasteiger partial charge in [0.15, 0.2) is 17.5 Å². The van der Waals surface area contributed by atoms with Crippen molar-refractivity contribution in [1.82, 2.24) is 4.98 Å². The zero-order valence-corrected chi connectivity index (χ0v) is 7.87. The lowest BCUT2D eigenvalue weighted by Gasteiger charge is -1.89. The molecule has 0 radical (unpaired) electrons. The highest BCUT2D eigenvalue weighted by molar-refractivity contribution is 5.94. The van der Waals surface area contributed by atoms with Gasteiger partial charge in [-0.15, -0.1) is 0 Å². The molecule has 0 aliphatic rings. The van der Waals surface area contributed by atoms with Crippen LogP contribution >= 0.6 is 0 Å². The smallest absolute Gasteiger partial charge is 0.198 e. The molecule has 1 aromatic heterocycles. The Hall–Kier alpha value is -1.64. The highest BCUT2D eigenvalue weighted by Gasteiger charge is 2.05. The number of nitrogens with zero attached hydrogens (tertiary/aromatic N) is 2. The summed E-state index contributed by atoms with van der Waals surface area (Å²) in [5.74, 6) is 1.74. The molecule has 0 N–H and O–H groups in total. The van der Waals surface area contributed by atoms with Gasteiger partial charge in [0.2, 0.25) is 0 Å². The van der Waals surface area contributed by atoms with Crippen molar-refractivity contribution in [2.24, 2.45) is 4.99 Å². The van der Waals surface area contributed by atoms with Gasteiger partial charge in [-0.2, -0.15) is 4.98 Å². The summed E-state index contributed by atoms with van der Waals surface area (Å²) in [7, 11) is 0. The topological polar surface area (TPSA) is 38.4 Å². The third-order valence-electron chi connectivity index (χ3n) is 1.50. The van der Waals surface area contributed by atoms with Gasteiger partial charge in [0.05, 0.1) is 0 Å². The van der Waals surface area contributed by atoms with Gasteiger partial charge in [-0.05, 0) is 19.1 Å². The fourth-order valence-corrected chi connectivity index (χ4v) is 0.858. The molecule has 68 valence electrons. The van der Waals surface area contributed by atoms with Crippen molar-refractivity contribution < 1.29 is 4.42 Å². The van der Waals surface area contributed by atoms with Crippen LogP contribution in [0.3, 0.4) is 0 Å². The average molecular weight is 176 g/mol. The van der Waals surface area contributed by atoms with E-state index in [1.807, 2.05) is 6.92 Å². The van der Waals surface area contributed by atoms with Gasteiger partial charge in [0.25, 0.3) is 0 Å². The molecule has 13 heavy (non-hydrogen) atoms. The normalized spacial score (nSPS) is 11.4. The second-order valence-corrected chi connectivity index (χ2v) is 2.58. The third-order valence-corrected chi connectivity index (χ3v) is 1.50. The number of aryl methyl sites for hydroxylation is 1. The van der Waals surface area contributed by atoms with Gasteiger partial charge in [-0.3, -0.25) is 0 Å². The zero-order chi connectivity index (χ0) is 9.84. The van der Waals surface area contributed by atoms with E-state index in [0.717, 1.165) is 5.71 Å². The Kier molecular flexibility index (Phi) is 2.80. The minimum Gasteiger partial charge on any atom is -0.439 e. The summed E-state index contributed by atoms with van der Waals surface area (Å²) in [6.07, 6.45) is 3.26. The van der Waals surface area contributed by atoms with Crippen molar-refractivity contribution in [3.63, 3.8) is 0 Å². The SMILES string of the molecule is C=CC(C)=Nc1nc(C)oc1C=C. The minimum absolute atomic E-state index is 0.560. The first-order chi connectivity index (χ1) is 6.17. The van der Waals surface area contributed by atoms with E-state index in [1.54, 1.807) is 19.1 Å². The number of rotatable bonds is 3. The van der Waals surface area contributed by atoms with Crippen LogP contribution in [0.25, 0.3) is 6.08 Å². The first-order valence-electron chi connectivity index (χ1n) is 3.95. The molecule has 3 nitrogen and oxygen atoms in total. The molecule has 3 heteroatoms. The lowest BCUT2D eigenvalue weighted by molar-refractivity contribution is 0.513. The Morgan fingerprint density at radius 1 is 1.54 bits per heavy atom. The summed E-state index contributed by atoms with van der Waals surface area (Å²) in [4.78, 5) is 8.29. The molecule has 0 saturated heterocycles. The fourth-order valence-electron chi connectivity index (χ4n) is 0.858. The van der Waals surface area contributed by atoms with Crippen LogP contribution < -0.4 is 0 Å². The van der Waals surface area contributed by atoms with Crippen LogP contribution in [0.1, 0.15) is 18.6 Å². The highest BCUT2D eigenvalue weighted by atomic mass is 16.4. The third kappa shape index (κ3) is 2.15. The van der Waals surface area contributed by atoms with Crippen molar-refractivity contribution in [1.29, 1.82) is 0 Å². The first kappa shape index (κ1) is 9.45. The van der Waals surface area contributed by atoms with Gasteiger partial charge in [-0.25, -0.2) is 4.99 Å². The van der Waals surface area contributed by atoms with Crippen molar-refractivity contribution in [2.45, 2.75) is 13.8 Å². The van der Waals surface area contributed by atoms with Crippen LogP contribution in [0.4, 0.5) is 5.82 Å². The molecule has 0 aliphatic carbocycles. The lowest BCUT2D eigenvalue weighted by atomic mass is 10.4. The number of aromatic nitrogens is 1. The molecular weight excluding hydrogens is 164 g/mol. The van der Waals surface area contributed by atoms with Crippen molar-refractivity contribution >= 4 is 17.6 Å². The van der Waals surface area contributed by atoms with Crippen molar-refractivity contribution in [3.05, 3.63) is 30.9 Å². The Labute approximate surface area is 77.5 Å². The van der Waals surface area contributed by atoms with E-state index >= 15 is 0 Å². The molecule has 0 saturated carbocycles. The van der Waals surface area contributed by atoms with Crippen LogP contribution in [-0.4, -0.2) is 10.7 Å². The van der Waals surface area contributed by atoms with Crippen molar-refractivity contribution in [2.75, 3.05) is 0 Å². The average Bonchev–Trinajstić information content (AvgIpc) is 2.46. The number of hydrogen-bond acceptors (Lipinski definition) is 3. The van der Waals surface area contributed by atoms with Crippen LogP contribution in [0.15, 0.2) is 28.6 Å². The minimum atomic E-state index is 0.560. The van der Waals surface area contributed by atoms with E-state index < -0.39 is 0 Å². The summed E-state index contributed by atoms with van der Waals surface area (Å²) >= 11 is 0. The van der Waals surface area contributed by atoms with Gasteiger partial charge in [0.1, 0.15) is 0 Å². The van der Waals surface area contributed by atoms with Crippen LogP contribution in [0.2, 0.25) is 0 Å². The fraction of sp³-hybridized carbons (Fsp3) is 0.200. The maximum atomic E-state index is 5.24. The molecule has 0 aromatic carbocycles. The second kappa shape index (κ2) is 3.85. The summed E-state index contributed by atoms with van der Waals surface area (Å²) in [5, 5.41) is 0. The molecule has 0 unspecified atom stereocenters. The second-order valence-electron chi connectivity index (χ2n) is 2.58. The number of oxazole rings is 1. The summed E-state index contributed by atoms with van der Waals surface area (Å²) < 4.78 is 5.24. The van der Waals surface area contributed by atoms with Gasteiger partial charge in [0, 0.05) is 12.6 Å². The Morgan fingerprint density at radius 3 is 2.77 bits per heavy atom. The maximum absolute atomic E-state index is 5.24. The maximum Gasteiger partial charge on any atom is 0.198 e. The lowest BCUT2D eigenvalue weighted by Crippen LogP contribution is -1.81. The summed E-state index contributed by atoms with van der Waals surface area (Å²) in [6.45, 7) is 10.8. The Bertz CT molecular complexity index is 361. The van der Waals surface area contributed by atoms with Gasteiger partial charge in [-0.1, -0.05) is 13.2 Å². The molecule has 1 heterocycles. The van der Waals surface area contributed by atoms with Gasteiger partial charge >= 0.3 is 0 Å². The van der Waals surface area contributed by atoms with E-state index in [9.17, 15) is 0 Å². The first-order valence-corrected chi connectivity index (χ1v) is 3.95. The highest BCUT2D eigenvalue weighted by Crippen LogP contribution is 2.20. The van der Waals surface area contributed by atoms with Crippen molar-refractivity contribution in [3.8, 4) is 0 Å². The number of hydrogen-bond donors (Lipinski definition) is 0. The zero-order valence-electron chi connectivity index (χ0n) is 7.87.